The number of anilines is 1. The van der Waals surface area contributed by atoms with Crippen molar-refractivity contribution < 1.29 is 5.11 Å². The molecule has 1 aromatic carbocycles. The van der Waals surface area contributed by atoms with Crippen molar-refractivity contribution in [3.8, 4) is 0 Å². The van der Waals surface area contributed by atoms with E-state index in [1.165, 1.54) is 5.56 Å². The Labute approximate surface area is 78.0 Å². The highest BCUT2D eigenvalue weighted by atomic mass is 35.5. The molecule has 0 radical (unpaired) electrons. The van der Waals surface area contributed by atoms with E-state index in [0.717, 1.165) is 12.1 Å². The number of β-amino-alcohol motifs (C(OH)–C–C–N with tert-alkyl or cyclic N) is 1. The first kappa shape index (κ1) is 9.36. The second kappa shape index (κ2) is 3.78. The summed E-state index contributed by atoms with van der Waals surface area (Å²) in [4.78, 5) is 0. The number of hydrogen-bond donors (Lipinski definition) is 2. The van der Waals surface area contributed by atoms with Gasteiger partial charge in [0.05, 0.1) is 6.10 Å². The summed E-state index contributed by atoms with van der Waals surface area (Å²) in [6.07, 6.45) is 0.563. The fourth-order valence-corrected chi connectivity index (χ4v) is 1.42. The van der Waals surface area contributed by atoms with Crippen LogP contribution in [0.1, 0.15) is 5.56 Å². The minimum atomic E-state index is -0.218. The smallest absolute Gasteiger partial charge is 0.0753 e. The summed E-state index contributed by atoms with van der Waals surface area (Å²) in [7, 11) is 0. The van der Waals surface area contributed by atoms with Crippen LogP contribution in [0.5, 0.6) is 0 Å². The Kier molecular flexibility index (Phi) is 2.95. The maximum absolute atomic E-state index is 9.29. The normalized spacial score (nSPS) is 20.2. The molecule has 0 aromatic heterocycles. The van der Waals surface area contributed by atoms with Crippen LogP contribution in [0.25, 0.3) is 0 Å². The Morgan fingerprint density at radius 3 is 2.92 bits per heavy atom. The number of rotatable bonds is 0. The fraction of sp³-hybridized carbons (Fsp3) is 0.333. The van der Waals surface area contributed by atoms with Gasteiger partial charge in [0, 0.05) is 18.7 Å². The molecule has 2 rings (SSSR count). The largest absolute Gasteiger partial charge is 0.391 e. The third-order valence-corrected chi connectivity index (χ3v) is 2.00. The lowest BCUT2D eigenvalue weighted by Crippen LogP contribution is -2.27. The summed E-state index contributed by atoms with van der Waals surface area (Å²) >= 11 is 0. The maximum atomic E-state index is 9.29. The van der Waals surface area contributed by atoms with Gasteiger partial charge in [0.25, 0.3) is 0 Å². The Hall–Kier alpha value is -0.730. The minimum Gasteiger partial charge on any atom is -0.391 e. The second-order valence-electron chi connectivity index (χ2n) is 2.90. The van der Waals surface area contributed by atoms with E-state index in [4.69, 9.17) is 0 Å². The van der Waals surface area contributed by atoms with Gasteiger partial charge < -0.3 is 10.4 Å². The van der Waals surface area contributed by atoms with E-state index in [0.29, 0.717) is 6.54 Å². The van der Waals surface area contributed by atoms with Crippen LogP contribution in [-0.4, -0.2) is 17.8 Å². The molecule has 1 aliphatic heterocycles. The predicted molar refractivity (Wildman–Crippen MR) is 51.9 cm³/mol. The van der Waals surface area contributed by atoms with Crippen molar-refractivity contribution in [1.82, 2.24) is 0 Å². The molecule has 1 aliphatic rings. The highest BCUT2D eigenvalue weighted by Crippen LogP contribution is 2.20. The number of para-hydroxylation sites is 1. The highest BCUT2D eigenvalue weighted by molar-refractivity contribution is 5.85. The molecule has 0 saturated heterocycles. The van der Waals surface area contributed by atoms with Crippen LogP contribution in [-0.2, 0) is 6.42 Å². The van der Waals surface area contributed by atoms with Crippen LogP contribution in [0.4, 0.5) is 5.69 Å². The molecular weight excluding hydrogens is 174 g/mol. The van der Waals surface area contributed by atoms with Crippen molar-refractivity contribution in [2.75, 3.05) is 11.9 Å². The van der Waals surface area contributed by atoms with Gasteiger partial charge in [-0.25, -0.2) is 0 Å². The minimum absolute atomic E-state index is 0. The Balaban J connectivity index is 0.000000720. The molecule has 1 atom stereocenters. The molecule has 1 heterocycles. The molecule has 0 bridgehead atoms. The Morgan fingerprint density at radius 2 is 2.08 bits per heavy atom. The van der Waals surface area contributed by atoms with Gasteiger partial charge in [-0.15, -0.1) is 12.4 Å². The zero-order valence-corrected chi connectivity index (χ0v) is 7.47. The van der Waals surface area contributed by atoms with E-state index in [-0.39, 0.29) is 18.5 Å². The van der Waals surface area contributed by atoms with Gasteiger partial charge in [0.1, 0.15) is 0 Å². The van der Waals surface area contributed by atoms with Gasteiger partial charge in [0.15, 0.2) is 0 Å². The molecule has 0 aliphatic carbocycles. The molecule has 0 amide bonds. The van der Waals surface area contributed by atoms with Crippen molar-refractivity contribution in [2.45, 2.75) is 12.5 Å². The van der Waals surface area contributed by atoms with Crippen molar-refractivity contribution in [3.05, 3.63) is 29.8 Å². The number of halogens is 1. The second-order valence-corrected chi connectivity index (χ2v) is 2.90. The molecule has 1 unspecified atom stereocenters. The number of nitrogens with one attached hydrogen (secondary N) is 1. The van der Waals surface area contributed by atoms with Crippen molar-refractivity contribution in [3.63, 3.8) is 0 Å². The first-order valence-corrected chi connectivity index (χ1v) is 3.86. The van der Waals surface area contributed by atoms with Gasteiger partial charge in [-0.1, -0.05) is 18.2 Å². The third-order valence-electron chi connectivity index (χ3n) is 2.00. The first-order valence-electron chi connectivity index (χ1n) is 3.86. The van der Waals surface area contributed by atoms with Crippen molar-refractivity contribution in [1.29, 1.82) is 0 Å². The molecule has 0 spiro atoms. The third kappa shape index (κ3) is 1.71. The molecule has 0 fully saturated rings. The first-order chi connectivity index (χ1) is 5.36. The van der Waals surface area contributed by atoms with Crippen LogP contribution in [0.2, 0.25) is 0 Å². The standard InChI is InChI=1S/C9H11NO.ClH/c11-8-5-7-3-1-2-4-9(7)10-6-8;/h1-4,8,10-11H,5-6H2;1H. The van der Waals surface area contributed by atoms with Crippen LogP contribution in [0.15, 0.2) is 24.3 Å². The molecule has 12 heavy (non-hydrogen) atoms. The van der Waals surface area contributed by atoms with Gasteiger partial charge in [0.2, 0.25) is 0 Å². The fourth-order valence-electron chi connectivity index (χ4n) is 1.42. The van der Waals surface area contributed by atoms with Crippen molar-refractivity contribution in [2.24, 2.45) is 0 Å². The van der Waals surface area contributed by atoms with Crippen molar-refractivity contribution >= 4 is 18.1 Å². The predicted octanol–water partition coefficient (Wildman–Crippen LogP) is 1.44. The summed E-state index contributed by atoms with van der Waals surface area (Å²) in [6.45, 7) is 0.678. The molecule has 66 valence electrons. The van der Waals surface area contributed by atoms with Crippen LogP contribution >= 0.6 is 12.4 Å². The van der Waals surface area contributed by atoms with Gasteiger partial charge in [-0.3, -0.25) is 0 Å². The van der Waals surface area contributed by atoms with Crippen LogP contribution < -0.4 is 5.32 Å². The topological polar surface area (TPSA) is 32.3 Å². The number of fused-ring (bicyclic) bond motifs is 1. The van der Waals surface area contributed by atoms with Gasteiger partial charge >= 0.3 is 0 Å². The monoisotopic (exact) mass is 185 g/mol. The van der Waals surface area contributed by atoms with Crippen LogP contribution in [0.3, 0.4) is 0 Å². The number of aliphatic hydroxyl groups is 1. The average molecular weight is 186 g/mol. The Bertz CT molecular complexity index is 264. The van der Waals surface area contributed by atoms with E-state index in [1.807, 2.05) is 24.3 Å². The zero-order valence-electron chi connectivity index (χ0n) is 6.66. The van der Waals surface area contributed by atoms with E-state index >= 15 is 0 Å². The van der Waals surface area contributed by atoms with Crippen LogP contribution in [0, 0.1) is 0 Å². The van der Waals surface area contributed by atoms with Gasteiger partial charge in [-0.2, -0.15) is 0 Å². The summed E-state index contributed by atoms with van der Waals surface area (Å²) in [5.74, 6) is 0. The molecule has 1 aromatic rings. The van der Waals surface area contributed by atoms with E-state index in [2.05, 4.69) is 5.32 Å². The number of hydrogen-bond acceptors (Lipinski definition) is 2. The maximum Gasteiger partial charge on any atom is 0.0753 e. The number of benzene rings is 1. The number of aliphatic hydroxyl groups excluding tert-OH is 1. The quantitative estimate of drug-likeness (QED) is 0.641. The molecule has 2 N–H and O–H groups in total. The highest BCUT2D eigenvalue weighted by Gasteiger charge is 2.13. The zero-order chi connectivity index (χ0) is 7.68. The lowest BCUT2D eigenvalue weighted by Gasteiger charge is -2.21. The van der Waals surface area contributed by atoms with E-state index < -0.39 is 0 Å². The summed E-state index contributed by atoms with van der Waals surface area (Å²) in [5, 5.41) is 12.5. The Morgan fingerprint density at radius 1 is 1.33 bits per heavy atom. The molecular formula is C9H12ClNO. The molecule has 3 heteroatoms. The summed E-state index contributed by atoms with van der Waals surface area (Å²) in [6, 6.07) is 8.09. The molecule has 2 nitrogen and oxygen atoms in total. The average Bonchev–Trinajstić information content (AvgIpc) is 2.04. The van der Waals surface area contributed by atoms with E-state index in [1.54, 1.807) is 0 Å². The SMILES string of the molecule is Cl.OC1CNc2ccccc2C1. The summed E-state index contributed by atoms with van der Waals surface area (Å²) in [5.41, 5.74) is 2.38. The lowest BCUT2D eigenvalue weighted by molar-refractivity contribution is 0.184. The summed E-state index contributed by atoms with van der Waals surface area (Å²) < 4.78 is 0. The van der Waals surface area contributed by atoms with E-state index in [9.17, 15) is 5.11 Å². The lowest BCUT2D eigenvalue weighted by atomic mass is 10.0. The molecule has 0 saturated carbocycles. The van der Waals surface area contributed by atoms with Gasteiger partial charge in [-0.05, 0) is 11.6 Å².